The van der Waals surface area contributed by atoms with Crippen molar-refractivity contribution >= 4 is 11.9 Å². The van der Waals surface area contributed by atoms with E-state index in [0.29, 0.717) is 11.3 Å². The first-order chi connectivity index (χ1) is 12.0. The van der Waals surface area contributed by atoms with Gasteiger partial charge in [0.1, 0.15) is 5.75 Å². The number of hydrogen-bond donors (Lipinski definition) is 0. The Balaban J connectivity index is 1.82. The smallest absolute Gasteiger partial charge is 0.410 e. The third-order valence-electron chi connectivity index (χ3n) is 4.05. The molecule has 0 N–H and O–H groups in total. The molecule has 2 aromatic rings. The molecule has 1 aliphatic heterocycles. The summed E-state index contributed by atoms with van der Waals surface area (Å²) in [4.78, 5) is 25.7. The van der Waals surface area contributed by atoms with E-state index in [9.17, 15) is 9.59 Å². The molecule has 1 heterocycles. The topological polar surface area (TPSA) is 46.6 Å². The average Bonchev–Trinajstić information content (AvgIpc) is 2.62. The van der Waals surface area contributed by atoms with Crippen LogP contribution in [0.1, 0.15) is 24.0 Å². The average molecular weight is 333 g/mol. The molecule has 1 atom stereocenters. The predicted octanol–water partition coefficient (Wildman–Crippen LogP) is 4.58. The maximum atomic E-state index is 12.3. The van der Waals surface area contributed by atoms with Crippen LogP contribution < -0.4 is 4.74 Å². The van der Waals surface area contributed by atoms with Gasteiger partial charge in [0, 0.05) is 23.9 Å². The summed E-state index contributed by atoms with van der Waals surface area (Å²) in [5.74, 6) is 0.214. The van der Waals surface area contributed by atoms with Crippen molar-refractivity contribution in [2.24, 2.45) is 0 Å². The van der Waals surface area contributed by atoms with Crippen LogP contribution in [0, 0.1) is 6.92 Å². The molecule has 1 amide bonds. The van der Waals surface area contributed by atoms with Crippen LogP contribution in [0.4, 0.5) is 4.79 Å². The largest absolute Gasteiger partial charge is 0.423 e. The minimum Gasteiger partial charge on any atom is -0.410 e. The molecular formula is C21H19NO3. The van der Waals surface area contributed by atoms with Crippen LogP contribution in [0.2, 0.25) is 0 Å². The van der Waals surface area contributed by atoms with E-state index in [1.54, 1.807) is 36.7 Å². The molecule has 0 aliphatic carbocycles. The molecule has 2 aromatic carbocycles. The number of ether oxygens (including phenoxy) is 1. The van der Waals surface area contributed by atoms with Crippen LogP contribution in [0.5, 0.6) is 5.75 Å². The van der Waals surface area contributed by atoms with E-state index in [2.05, 4.69) is 0 Å². The van der Waals surface area contributed by atoms with Crippen LogP contribution in [0.3, 0.4) is 0 Å². The van der Waals surface area contributed by atoms with Crippen molar-refractivity contribution < 1.29 is 14.3 Å². The quantitative estimate of drug-likeness (QED) is 0.826. The van der Waals surface area contributed by atoms with Crippen LogP contribution in [0.25, 0.3) is 0 Å². The number of aryl methyl sites for hydroxylation is 1. The van der Waals surface area contributed by atoms with Crippen molar-refractivity contribution in [2.45, 2.75) is 19.8 Å². The number of nitrogens with zero attached hydrogens (tertiary/aromatic N) is 1. The molecule has 0 radical (unpaired) electrons. The first-order valence-electron chi connectivity index (χ1n) is 8.07. The Morgan fingerprint density at radius 2 is 1.68 bits per heavy atom. The lowest BCUT2D eigenvalue weighted by molar-refractivity contribution is -0.113. The van der Waals surface area contributed by atoms with Crippen molar-refractivity contribution in [2.75, 3.05) is 0 Å². The van der Waals surface area contributed by atoms with Gasteiger partial charge in [-0.05, 0) is 31.5 Å². The van der Waals surface area contributed by atoms with Gasteiger partial charge >= 0.3 is 6.09 Å². The van der Waals surface area contributed by atoms with Gasteiger partial charge in [0.05, 0.1) is 0 Å². The fraction of sp³-hybridized carbons (Fsp3) is 0.143. The Labute approximate surface area is 147 Å². The third-order valence-corrected chi connectivity index (χ3v) is 4.05. The van der Waals surface area contributed by atoms with E-state index in [1.807, 2.05) is 43.3 Å². The first-order valence-corrected chi connectivity index (χ1v) is 8.07. The van der Waals surface area contributed by atoms with Crippen LogP contribution in [-0.2, 0) is 4.79 Å². The highest BCUT2D eigenvalue weighted by molar-refractivity contribution is 5.96. The number of Topliss-reactive ketones (excluding diaryl/α,β-unsaturated/α-hetero) is 1. The minimum absolute atomic E-state index is 0.0764. The van der Waals surface area contributed by atoms with Crippen molar-refractivity contribution in [1.29, 1.82) is 0 Å². The SMILES string of the molecule is CC(=O)C1=CN(C(=O)Oc2ccccc2)C=CC1c1ccc(C)cc1. The van der Waals surface area contributed by atoms with Crippen molar-refractivity contribution in [3.63, 3.8) is 0 Å². The minimum atomic E-state index is -0.552. The highest BCUT2D eigenvalue weighted by atomic mass is 16.6. The van der Waals surface area contributed by atoms with Gasteiger partial charge in [0.25, 0.3) is 0 Å². The Bertz CT molecular complexity index is 835. The molecule has 4 nitrogen and oxygen atoms in total. The summed E-state index contributed by atoms with van der Waals surface area (Å²) in [6.45, 7) is 3.52. The summed E-state index contributed by atoms with van der Waals surface area (Å²) in [5.41, 5.74) is 2.72. The molecule has 0 spiro atoms. The monoisotopic (exact) mass is 333 g/mol. The summed E-state index contributed by atoms with van der Waals surface area (Å²) in [5, 5.41) is 0. The van der Waals surface area contributed by atoms with Crippen molar-refractivity contribution in [3.05, 3.63) is 89.8 Å². The summed E-state index contributed by atoms with van der Waals surface area (Å²) in [6.07, 6.45) is 4.48. The number of allylic oxidation sites excluding steroid dienone is 2. The highest BCUT2D eigenvalue weighted by Gasteiger charge is 2.25. The van der Waals surface area contributed by atoms with Crippen molar-refractivity contribution in [1.82, 2.24) is 4.90 Å². The van der Waals surface area contributed by atoms with Gasteiger partial charge in [-0.3, -0.25) is 9.69 Å². The van der Waals surface area contributed by atoms with Gasteiger partial charge in [-0.25, -0.2) is 4.79 Å². The fourth-order valence-corrected chi connectivity index (χ4v) is 2.69. The molecule has 0 fully saturated rings. The van der Waals surface area contributed by atoms with Crippen LogP contribution in [-0.4, -0.2) is 16.8 Å². The lowest BCUT2D eigenvalue weighted by Gasteiger charge is -2.24. The molecule has 25 heavy (non-hydrogen) atoms. The maximum Gasteiger partial charge on any atom is 0.423 e. The first kappa shape index (κ1) is 16.7. The molecule has 0 bridgehead atoms. The van der Waals surface area contributed by atoms with E-state index in [0.717, 1.165) is 11.1 Å². The Hall–Kier alpha value is -3.14. The summed E-state index contributed by atoms with van der Waals surface area (Å²) < 4.78 is 5.32. The zero-order valence-electron chi connectivity index (χ0n) is 14.2. The Kier molecular flexibility index (Phi) is 4.80. The Morgan fingerprint density at radius 3 is 2.32 bits per heavy atom. The second-order valence-electron chi connectivity index (χ2n) is 5.96. The van der Waals surface area contributed by atoms with Gasteiger partial charge in [0.2, 0.25) is 0 Å². The van der Waals surface area contributed by atoms with Crippen molar-refractivity contribution in [3.8, 4) is 5.75 Å². The number of para-hydroxylation sites is 1. The van der Waals surface area contributed by atoms with E-state index in [1.165, 1.54) is 11.8 Å². The molecule has 0 saturated heterocycles. The normalized spacial score (nSPS) is 16.3. The summed E-state index contributed by atoms with van der Waals surface area (Å²) >= 11 is 0. The van der Waals surface area contributed by atoms with E-state index >= 15 is 0 Å². The fourth-order valence-electron chi connectivity index (χ4n) is 2.69. The van der Waals surface area contributed by atoms with Gasteiger partial charge in [-0.15, -0.1) is 0 Å². The molecule has 0 aromatic heterocycles. The lowest BCUT2D eigenvalue weighted by atomic mass is 9.87. The highest BCUT2D eigenvalue weighted by Crippen LogP contribution is 2.30. The van der Waals surface area contributed by atoms with E-state index in [-0.39, 0.29) is 11.7 Å². The number of carbonyl (C=O) groups excluding carboxylic acids is 2. The second-order valence-corrected chi connectivity index (χ2v) is 5.96. The Morgan fingerprint density at radius 1 is 1.00 bits per heavy atom. The van der Waals surface area contributed by atoms with Gasteiger partial charge < -0.3 is 4.74 Å². The van der Waals surface area contributed by atoms with Gasteiger partial charge in [-0.1, -0.05) is 54.1 Å². The zero-order valence-corrected chi connectivity index (χ0v) is 14.2. The molecule has 0 saturated carbocycles. The summed E-state index contributed by atoms with van der Waals surface area (Å²) in [6, 6.07) is 16.9. The van der Waals surface area contributed by atoms with Crippen LogP contribution in [0.15, 0.2) is 78.6 Å². The second kappa shape index (κ2) is 7.18. The standard InChI is InChI=1S/C21H19NO3/c1-15-8-10-17(11-9-15)19-12-13-22(14-20(19)16(2)23)21(24)25-18-6-4-3-5-7-18/h3-14,19H,1-2H3. The number of hydrogen-bond acceptors (Lipinski definition) is 3. The zero-order chi connectivity index (χ0) is 17.8. The van der Waals surface area contributed by atoms with Crippen LogP contribution >= 0.6 is 0 Å². The molecule has 3 rings (SSSR count). The van der Waals surface area contributed by atoms with Gasteiger partial charge in [-0.2, -0.15) is 0 Å². The number of rotatable bonds is 3. The van der Waals surface area contributed by atoms with E-state index in [4.69, 9.17) is 4.74 Å². The third kappa shape index (κ3) is 3.86. The van der Waals surface area contributed by atoms with Gasteiger partial charge in [0.15, 0.2) is 5.78 Å². The summed E-state index contributed by atoms with van der Waals surface area (Å²) in [7, 11) is 0. The number of amides is 1. The molecule has 4 heteroatoms. The molecule has 1 aliphatic rings. The predicted molar refractivity (Wildman–Crippen MR) is 96.1 cm³/mol. The number of carbonyl (C=O) groups is 2. The molecular weight excluding hydrogens is 314 g/mol. The van der Waals surface area contributed by atoms with E-state index < -0.39 is 6.09 Å². The molecule has 126 valence electrons. The molecule has 1 unspecified atom stereocenters. The number of benzene rings is 2. The lowest BCUT2D eigenvalue weighted by Crippen LogP contribution is -2.28. The number of ketones is 1. The maximum absolute atomic E-state index is 12.3.